The molecule has 0 aliphatic rings. The zero-order valence-electron chi connectivity index (χ0n) is 9.76. The van der Waals surface area contributed by atoms with Crippen molar-refractivity contribution in [2.75, 3.05) is 11.9 Å². The Morgan fingerprint density at radius 3 is 2.63 bits per heavy atom. The Labute approximate surface area is 119 Å². The molecule has 2 aromatic rings. The van der Waals surface area contributed by atoms with Crippen molar-refractivity contribution in [2.24, 2.45) is 0 Å². The summed E-state index contributed by atoms with van der Waals surface area (Å²) in [5.74, 6) is -1.41. The van der Waals surface area contributed by atoms with Gasteiger partial charge in [0.25, 0.3) is 0 Å². The van der Waals surface area contributed by atoms with Crippen molar-refractivity contribution >= 4 is 29.0 Å². The number of halogens is 4. The molecule has 1 heterocycles. The number of benzene rings is 1. The van der Waals surface area contributed by atoms with E-state index in [1.165, 1.54) is 0 Å². The monoisotopic (exact) mass is 302 g/mol. The summed E-state index contributed by atoms with van der Waals surface area (Å²) in [5, 5.41) is 3.91. The highest BCUT2D eigenvalue weighted by molar-refractivity contribution is 6.35. The minimum atomic E-state index is -0.720. The van der Waals surface area contributed by atoms with Crippen molar-refractivity contribution in [3.63, 3.8) is 0 Å². The molecule has 0 unspecified atom stereocenters. The SMILES string of the molecule is Fc1cnc(NCCc2ccc(Cl)cc2Cl)c(F)c1. The predicted octanol–water partition coefficient (Wildman–Crippen LogP) is 4.32. The Morgan fingerprint density at radius 2 is 1.95 bits per heavy atom. The molecular formula is C13H10Cl2F2N2. The molecule has 100 valence electrons. The average molecular weight is 303 g/mol. The molecule has 1 aromatic carbocycles. The Kier molecular flexibility index (Phi) is 4.56. The van der Waals surface area contributed by atoms with Crippen LogP contribution in [-0.4, -0.2) is 11.5 Å². The average Bonchev–Trinajstić information content (AvgIpc) is 2.34. The van der Waals surface area contributed by atoms with E-state index in [9.17, 15) is 8.78 Å². The summed E-state index contributed by atoms with van der Waals surface area (Å²) in [7, 11) is 0. The van der Waals surface area contributed by atoms with Crippen LogP contribution < -0.4 is 5.32 Å². The summed E-state index contributed by atoms with van der Waals surface area (Å²) < 4.78 is 26.0. The zero-order chi connectivity index (χ0) is 13.8. The van der Waals surface area contributed by atoms with Crippen LogP contribution in [0.1, 0.15) is 5.56 Å². The topological polar surface area (TPSA) is 24.9 Å². The van der Waals surface area contributed by atoms with Crippen LogP contribution in [0.3, 0.4) is 0 Å². The first kappa shape index (κ1) is 14.0. The molecule has 0 aliphatic heterocycles. The first-order valence-electron chi connectivity index (χ1n) is 5.55. The van der Waals surface area contributed by atoms with E-state index in [2.05, 4.69) is 10.3 Å². The maximum Gasteiger partial charge on any atom is 0.168 e. The van der Waals surface area contributed by atoms with Crippen LogP contribution in [0.15, 0.2) is 30.5 Å². The van der Waals surface area contributed by atoms with Gasteiger partial charge in [0.1, 0.15) is 5.82 Å². The molecule has 0 fully saturated rings. The fourth-order valence-corrected chi connectivity index (χ4v) is 2.09. The smallest absolute Gasteiger partial charge is 0.168 e. The molecule has 0 bridgehead atoms. The minimum Gasteiger partial charge on any atom is -0.367 e. The number of nitrogens with zero attached hydrogens (tertiary/aromatic N) is 1. The molecule has 2 nitrogen and oxygen atoms in total. The lowest BCUT2D eigenvalue weighted by molar-refractivity contribution is 0.575. The summed E-state index contributed by atoms with van der Waals surface area (Å²) in [5.41, 5.74) is 0.890. The highest BCUT2D eigenvalue weighted by Crippen LogP contribution is 2.21. The van der Waals surface area contributed by atoms with Gasteiger partial charge in [0.15, 0.2) is 11.6 Å². The summed E-state index contributed by atoms with van der Waals surface area (Å²) >= 11 is 11.8. The van der Waals surface area contributed by atoms with Crippen LogP contribution in [0.2, 0.25) is 10.0 Å². The maximum absolute atomic E-state index is 13.3. The second kappa shape index (κ2) is 6.17. The van der Waals surface area contributed by atoms with E-state index >= 15 is 0 Å². The van der Waals surface area contributed by atoms with Crippen molar-refractivity contribution in [1.29, 1.82) is 0 Å². The van der Waals surface area contributed by atoms with Gasteiger partial charge in [-0.25, -0.2) is 13.8 Å². The summed E-state index contributed by atoms with van der Waals surface area (Å²) in [6.45, 7) is 0.427. The summed E-state index contributed by atoms with van der Waals surface area (Å²) in [4.78, 5) is 3.63. The van der Waals surface area contributed by atoms with Gasteiger partial charge in [-0.05, 0) is 24.1 Å². The highest BCUT2D eigenvalue weighted by Gasteiger charge is 2.06. The van der Waals surface area contributed by atoms with Crippen molar-refractivity contribution in [2.45, 2.75) is 6.42 Å². The Hall–Kier alpha value is -1.39. The highest BCUT2D eigenvalue weighted by atomic mass is 35.5. The first-order chi connectivity index (χ1) is 9.06. The van der Waals surface area contributed by atoms with Gasteiger partial charge in [0.05, 0.1) is 6.20 Å². The van der Waals surface area contributed by atoms with Gasteiger partial charge >= 0.3 is 0 Å². The molecule has 0 amide bonds. The molecule has 6 heteroatoms. The van der Waals surface area contributed by atoms with E-state index in [-0.39, 0.29) is 5.82 Å². The fraction of sp³-hybridized carbons (Fsp3) is 0.154. The van der Waals surface area contributed by atoms with Crippen molar-refractivity contribution < 1.29 is 8.78 Å². The third-order valence-corrected chi connectivity index (χ3v) is 3.10. The van der Waals surface area contributed by atoms with Gasteiger partial charge in [-0.2, -0.15) is 0 Å². The largest absolute Gasteiger partial charge is 0.367 e. The van der Waals surface area contributed by atoms with Gasteiger partial charge in [-0.3, -0.25) is 0 Å². The molecule has 0 atom stereocenters. The maximum atomic E-state index is 13.3. The van der Waals surface area contributed by atoms with Gasteiger partial charge in [0.2, 0.25) is 0 Å². The Balaban J connectivity index is 1.96. The molecule has 1 aromatic heterocycles. The van der Waals surface area contributed by atoms with Crippen molar-refractivity contribution in [1.82, 2.24) is 4.98 Å². The molecule has 0 aliphatic carbocycles. The summed E-state index contributed by atoms with van der Waals surface area (Å²) in [6, 6.07) is 5.97. The van der Waals surface area contributed by atoms with Gasteiger partial charge in [-0.15, -0.1) is 0 Å². The van der Waals surface area contributed by atoms with E-state index in [0.29, 0.717) is 23.0 Å². The minimum absolute atomic E-state index is 0.0199. The molecule has 0 spiro atoms. The molecule has 1 N–H and O–H groups in total. The number of rotatable bonds is 4. The van der Waals surface area contributed by atoms with Crippen LogP contribution in [0, 0.1) is 11.6 Å². The molecule has 19 heavy (non-hydrogen) atoms. The third kappa shape index (κ3) is 3.78. The zero-order valence-corrected chi connectivity index (χ0v) is 11.3. The number of nitrogens with one attached hydrogen (secondary N) is 1. The van der Waals surface area contributed by atoms with Crippen LogP contribution in [0.4, 0.5) is 14.6 Å². The summed E-state index contributed by atoms with van der Waals surface area (Å²) in [6.07, 6.45) is 1.54. The lowest BCUT2D eigenvalue weighted by atomic mass is 10.1. The lowest BCUT2D eigenvalue weighted by Crippen LogP contribution is -2.08. The number of hydrogen-bond acceptors (Lipinski definition) is 2. The van der Waals surface area contributed by atoms with E-state index in [1.54, 1.807) is 18.2 Å². The quantitative estimate of drug-likeness (QED) is 0.910. The molecule has 2 rings (SSSR count). The van der Waals surface area contributed by atoms with Crippen LogP contribution in [0.25, 0.3) is 0 Å². The second-order valence-corrected chi connectivity index (χ2v) is 4.74. The van der Waals surface area contributed by atoms with Crippen LogP contribution >= 0.6 is 23.2 Å². The van der Waals surface area contributed by atoms with Crippen molar-refractivity contribution in [3.8, 4) is 0 Å². The Bertz CT molecular complexity index is 539. The van der Waals surface area contributed by atoms with E-state index in [1.807, 2.05) is 0 Å². The molecule has 0 radical (unpaired) electrons. The van der Waals surface area contributed by atoms with E-state index in [0.717, 1.165) is 17.8 Å². The van der Waals surface area contributed by atoms with Gasteiger partial charge in [-0.1, -0.05) is 29.3 Å². The number of aromatic nitrogens is 1. The van der Waals surface area contributed by atoms with Gasteiger partial charge < -0.3 is 5.32 Å². The van der Waals surface area contributed by atoms with Crippen LogP contribution in [0.5, 0.6) is 0 Å². The second-order valence-electron chi connectivity index (χ2n) is 3.90. The molecule has 0 saturated carbocycles. The Morgan fingerprint density at radius 1 is 1.16 bits per heavy atom. The molecular weight excluding hydrogens is 293 g/mol. The first-order valence-corrected chi connectivity index (χ1v) is 6.30. The molecule has 0 saturated heterocycles. The lowest BCUT2D eigenvalue weighted by Gasteiger charge is -2.08. The number of anilines is 1. The fourth-order valence-electron chi connectivity index (χ4n) is 1.58. The van der Waals surface area contributed by atoms with Crippen molar-refractivity contribution in [3.05, 3.63) is 57.7 Å². The van der Waals surface area contributed by atoms with E-state index < -0.39 is 11.6 Å². The van der Waals surface area contributed by atoms with Crippen LogP contribution in [-0.2, 0) is 6.42 Å². The third-order valence-electron chi connectivity index (χ3n) is 2.51. The van der Waals surface area contributed by atoms with Gasteiger partial charge in [0, 0.05) is 22.7 Å². The predicted molar refractivity (Wildman–Crippen MR) is 72.8 cm³/mol. The standard InChI is InChI=1S/C13H10Cl2F2N2/c14-9-2-1-8(11(15)5-9)3-4-18-13-12(17)6-10(16)7-19-13/h1-2,5-7H,3-4H2,(H,18,19). The normalized spacial score (nSPS) is 10.5. The number of pyridine rings is 1. The van der Waals surface area contributed by atoms with E-state index in [4.69, 9.17) is 23.2 Å². The number of hydrogen-bond donors (Lipinski definition) is 1.